The van der Waals surface area contributed by atoms with Crippen molar-refractivity contribution in [1.29, 1.82) is 0 Å². The van der Waals surface area contributed by atoms with Crippen molar-refractivity contribution < 1.29 is 9.53 Å². The molecule has 36 heavy (non-hydrogen) atoms. The van der Waals surface area contributed by atoms with Crippen LogP contribution in [0.2, 0.25) is 0 Å². The van der Waals surface area contributed by atoms with Crippen molar-refractivity contribution in [3.8, 4) is 17.0 Å². The van der Waals surface area contributed by atoms with Crippen molar-refractivity contribution in [2.24, 2.45) is 5.92 Å². The van der Waals surface area contributed by atoms with E-state index in [1.54, 1.807) is 7.11 Å². The third-order valence-electron chi connectivity index (χ3n) is 7.06. The van der Waals surface area contributed by atoms with Crippen LogP contribution in [0.1, 0.15) is 29.9 Å². The Bertz CT molecular complexity index is 1370. The number of ether oxygens (including phenoxy) is 1. The third-order valence-corrected chi connectivity index (χ3v) is 7.06. The normalized spacial score (nSPS) is 16.4. The van der Waals surface area contributed by atoms with E-state index in [9.17, 15) is 4.79 Å². The van der Waals surface area contributed by atoms with Gasteiger partial charge in [-0.3, -0.25) is 14.7 Å². The predicted molar refractivity (Wildman–Crippen MR) is 138 cm³/mol. The van der Waals surface area contributed by atoms with E-state index in [1.165, 1.54) is 5.56 Å². The van der Waals surface area contributed by atoms with E-state index in [2.05, 4.69) is 44.1 Å². The van der Waals surface area contributed by atoms with Crippen LogP contribution >= 0.6 is 0 Å². The fourth-order valence-corrected chi connectivity index (χ4v) is 4.87. The summed E-state index contributed by atoms with van der Waals surface area (Å²) in [7, 11) is 1.62. The maximum Gasteiger partial charge on any atom is 0.225 e. The molecule has 1 N–H and O–H groups in total. The lowest BCUT2D eigenvalue weighted by atomic mass is 10.1. The van der Waals surface area contributed by atoms with Gasteiger partial charge in [-0.15, -0.1) is 0 Å². The first kappa shape index (κ1) is 22.7. The highest BCUT2D eigenvalue weighted by Crippen LogP contribution is 2.31. The highest BCUT2D eigenvalue weighted by molar-refractivity contribution is 5.82. The van der Waals surface area contributed by atoms with Gasteiger partial charge in [0.05, 0.1) is 18.1 Å². The summed E-state index contributed by atoms with van der Waals surface area (Å²) in [6, 6.07) is 14.3. The van der Waals surface area contributed by atoms with Crippen LogP contribution in [0.25, 0.3) is 22.2 Å². The second-order valence-corrected chi connectivity index (χ2v) is 9.71. The number of nitrogens with zero attached hydrogens (tertiary/aromatic N) is 5. The van der Waals surface area contributed by atoms with Gasteiger partial charge in [-0.1, -0.05) is 6.07 Å². The fourth-order valence-electron chi connectivity index (χ4n) is 4.87. The maximum atomic E-state index is 12.3. The number of rotatable bonds is 7. The largest absolute Gasteiger partial charge is 0.481 e. The zero-order chi connectivity index (χ0) is 24.5. The van der Waals surface area contributed by atoms with Crippen LogP contribution in [0.15, 0.2) is 54.9 Å². The number of carbonyl (C=O) groups is 1. The number of aromatic nitrogens is 4. The van der Waals surface area contributed by atoms with Gasteiger partial charge >= 0.3 is 0 Å². The Hall–Kier alpha value is -3.78. The zero-order valence-corrected chi connectivity index (χ0v) is 20.5. The summed E-state index contributed by atoms with van der Waals surface area (Å²) in [5, 5.41) is 0. The zero-order valence-electron chi connectivity index (χ0n) is 20.5. The van der Waals surface area contributed by atoms with Crippen LogP contribution in [0.5, 0.6) is 5.88 Å². The molecule has 1 aliphatic heterocycles. The Morgan fingerprint density at radius 2 is 1.86 bits per heavy atom. The molecular formula is C28H30N6O2. The molecule has 8 heteroatoms. The van der Waals surface area contributed by atoms with Crippen LogP contribution in [0, 0.1) is 5.92 Å². The lowest BCUT2D eigenvalue weighted by Gasteiger charge is -2.35. The van der Waals surface area contributed by atoms with Crippen molar-refractivity contribution in [3.63, 3.8) is 0 Å². The minimum atomic E-state index is 0.309. The molecule has 1 amide bonds. The van der Waals surface area contributed by atoms with Gasteiger partial charge in [-0.2, -0.15) is 0 Å². The van der Waals surface area contributed by atoms with Crippen molar-refractivity contribution in [2.75, 3.05) is 33.3 Å². The maximum absolute atomic E-state index is 12.3. The van der Waals surface area contributed by atoms with Crippen molar-refractivity contribution in [3.05, 3.63) is 71.9 Å². The van der Waals surface area contributed by atoms with E-state index in [4.69, 9.17) is 9.72 Å². The molecule has 1 saturated heterocycles. The summed E-state index contributed by atoms with van der Waals surface area (Å²) in [6.07, 6.45) is 6.49. The van der Waals surface area contributed by atoms with E-state index in [1.807, 2.05) is 35.5 Å². The smallest absolute Gasteiger partial charge is 0.225 e. The number of amides is 1. The number of fused-ring (bicyclic) bond motifs is 1. The van der Waals surface area contributed by atoms with E-state index in [0.717, 1.165) is 79.2 Å². The van der Waals surface area contributed by atoms with Gasteiger partial charge < -0.3 is 14.6 Å². The lowest BCUT2D eigenvalue weighted by Crippen LogP contribution is -2.48. The number of carbonyl (C=O) groups excluding carboxylic acids is 1. The summed E-state index contributed by atoms with van der Waals surface area (Å²) < 4.78 is 5.16. The van der Waals surface area contributed by atoms with Crippen molar-refractivity contribution in [1.82, 2.24) is 29.7 Å². The number of piperazine rings is 1. The lowest BCUT2D eigenvalue weighted by molar-refractivity contribution is -0.134. The fraction of sp³-hybridized carbons (Fsp3) is 0.357. The molecule has 4 heterocycles. The number of hydrogen-bond donors (Lipinski definition) is 1. The minimum Gasteiger partial charge on any atom is -0.481 e. The van der Waals surface area contributed by atoms with Crippen LogP contribution in [-0.2, 0) is 17.8 Å². The highest BCUT2D eigenvalue weighted by atomic mass is 16.5. The van der Waals surface area contributed by atoms with E-state index < -0.39 is 0 Å². The highest BCUT2D eigenvalue weighted by Gasteiger charge is 2.34. The second kappa shape index (κ2) is 9.70. The molecule has 2 fully saturated rings. The van der Waals surface area contributed by atoms with E-state index in [0.29, 0.717) is 24.1 Å². The van der Waals surface area contributed by atoms with Gasteiger partial charge in [0.15, 0.2) is 0 Å². The average molecular weight is 483 g/mol. The molecule has 2 aliphatic rings. The quantitative estimate of drug-likeness (QED) is 0.433. The SMILES string of the molecule is COc1ccc(-c2ccc3nc(Cc4cc(CN5CCN(C(=O)C6CC6)CC5)ccn4)[nH]c3c2)cn1. The number of pyridine rings is 2. The third kappa shape index (κ3) is 4.95. The number of benzene rings is 1. The van der Waals surface area contributed by atoms with Gasteiger partial charge in [0, 0.05) is 74.8 Å². The minimum absolute atomic E-state index is 0.309. The summed E-state index contributed by atoms with van der Waals surface area (Å²) in [5.74, 6) is 2.17. The van der Waals surface area contributed by atoms with Crippen LogP contribution < -0.4 is 4.74 Å². The molecule has 1 aliphatic carbocycles. The Balaban J connectivity index is 1.10. The molecule has 0 spiro atoms. The first-order chi connectivity index (χ1) is 17.6. The molecule has 3 aromatic heterocycles. The molecule has 8 nitrogen and oxygen atoms in total. The van der Waals surface area contributed by atoms with Crippen LogP contribution in [-0.4, -0.2) is 68.9 Å². The Morgan fingerprint density at radius 1 is 1.03 bits per heavy atom. The molecule has 184 valence electrons. The van der Waals surface area contributed by atoms with Gasteiger partial charge in [0.2, 0.25) is 11.8 Å². The van der Waals surface area contributed by atoms with Gasteiger partial charge in [-0.05, 0) is 54.3 Å². The topological polar surface area (TPSA) is 87.2 Å². The second-order valence-electron chi connectivity index (χ2n) is 9.71. The number of H-pyrrole nitrogens is 1. The first-order valence-corrected chi connectivity index (χ1v) is 12.6. The number of aromatic amines is 1. The molecule has 4 aromatic rings. The summed E-state index contributed by atoms with van der Waals surface area (Å²) in [6.45, 7) is 4.39. The van der Waals surface area contributed by atoms with E-state index in [-0.39, 0.29) is 0 Å². The molecule has 6 rings (SSSR count). The molecular weight excluding hydrogens is 452 g/mol. The van der Waals surface area contributed by atoms with Gasteiger partial charge in [0.25, 0.3) is 0 Å². The molecule has 0 unspecified atom stereocenters. The molecule has 0 atom stereocenters. The van der Waals surface area contributed by atoms with Crippen LogP contribution in [0.3, 0.4) is 0 Å². The Kier molecular flexibility index (Phi) is 6.11. The summed E-state index contributed by atoms with van der Waals surface area (Å²) in [5.41, 5.74) is 6.27. The number of methoxy groups -OCH3 is 1. The standard InChI is InChI=1S/C28H30N6O2/c1-36-27-7-5-22(17-30-27)21-4-6-24-25(15-21)32-26(31-24)16-23-14-19(8-9-29-23)18-33-10-12-34(13-11-33)28(35)20-2-3-20/h4-9,14-15,17,20H,2-3,10-13,16,18H2,1H3,(H,31,32). The van der Waals surface area contributed by atoms with E-state index >= 15 is 0 Å². The van der Waals surface area contributed by atoms with Crippen LogP contribution in [0.4, 0.5) is 0 Å². The first-order valence-electron chi connectivity index (χ1n) is 12.6. The summed E-state index contributed by atoms with van der Waals surface area (Å²) in [4.78, 5) is 33.9. The van der Waals surface area contributed by atoms with Gasteiger partial charge in [-0.25, -0.2) is 9.97 Å². The molecule has 0 bridgehead atoms. The number of nitrogens with one attached hydrogen (secondary N) is 1. The number of hydrogen-bond acceptors (Lipinski definition) is 6. The molecule has 1 saturated carbocycles. The predicted octanol–water partition coefficient (Wildman–Crippen LogP) is 3.67. The monoisotopic (exact) mass is 482 g/mol. The molecule has 0 radical (unpaired) electrons. The Morgan fingerprint density at radius 3 is 2.61 bits per heavy atom. The summed E-state index contributed by atoms with van der Waals surface area (Å²) >= 11 is 0. The Labute approximate surface area is 210 Å². The van der Waals surface area contributed by atoms with Crippen molar-refractivity contribution >= 4 is 16.9 Å². The average Bonchev–Trinajstić information content (AvgIpc) is 3.69. The van der Waals surface area contributed by atoms with Crippen molar-refractivity contribution in [2.45, 2.75) is 25.8 Å². The van der Waals surface area contributed by atoms with Gasteiger partial charge in [0.1, 0.15) is 5.82 Å². The number of imidazole rings is 1. The molecule has 1 aromatic carbocycles.